The minimum absolute atomic E-state index is 0.0553. The lowest BCUT2D eigenvalue weighted by molar-refractivity contribution is -0.164. The number of aromatic nitrogens is 4. The van der Waals surface area contributed by atoms with Crippen LogP contribution in [0.3, 0.4) is 0 Å². The average molecular weight is 942 g/mol. The van der Waals surface area contributed by atoms with Crippen LogP contribution in [0.5, 0.6) is 11.5 Å². The second kappa shape index (κ2) is 18.9. The van der Waals surface area contributed by atoms with E-state index in [1.807, 2.05) is 6.07 Å². The highest BCUT2D eigenvalue weighted by molar-refractivity contribution is 7.92. The molecule has 2 saturated carbocycles. The molecule has 1 unspecified atom stereocenters. The molecule has 4 heterocycles. The number of aromatic amines is 1. The number of benzene rings is 2. The molecule has 2 aromatic carbocycles. The summed E-state index contributed by atoms with van der Waals surface area (Å²) in [6, 6.07) is 13.9. The van der Waals surface area contributed by atoms with Crippen molar-refractivity contribution < 1.29 is 32.2 Å². The second-order valence-electron chi connectivity index (χ2n) is 18.6. The second-order valence-corrected chi connectivity index (χ2v) is 21.0. The van der Waals surface area contributed by atoms with Gasteiger partial charge >= 0.3 is 0 Å². The van der Waals surface area contributed by atoms with E-state index in [-0.39, 0.29) is 41.6 Å². The molecular formula is C48H57ClN8O8S. The Morgan fingerprint density at radius 1 is 1.02 bits per heavy atom. The molecule has 5 aromatic rings. The Balaban J connectivity index is 0.806. The summed E-state index contributed by atoms with van der Waals surface area (Å²) < 4.78 is 54.5. The molecule has 2 aliphatic carbocycles. The fourth-order valence-corrected chi connectivity index (χ4v) is 10.5. The first kappa shape index (κ1) is 46.8. The molecule has 3 fully saturated rings. The number of piperidine rings is 1. The number of aryl methyl sites for hydroxylation is 1. The van der Waals surface area contributed by atoms with Crippen LogP contribution >= 0.6 is 11.6 Å². The molecule has 16 nitrogen and oxygen atoms in total. The largest absolute Gasteiger partial charge is 0.490 e. The van der Waals surface area contributed by atoms with Gasteiger partial charge in [0.05, 0.1) is 47.3 Å². The van der Waals surface area contributed by atoms with Crippen LogP contribution < -0.4 is 30.0 Å². The van der Waals surface area contributed by atoms with Crippen molar-refractivity contribution in [2.75, 3.05) is 48.3 Å². The monoisotopic (exact) mass is 940 g/mol. The van der Waals surface area contributed by atoms with Crippen molar-refractivity contribution in [2.45, 2.75) is 84.7 Å². The van der Waals surface area contributed by atoms with Crippen molar-refractivity contribution in [2.24, 2.45) is 23.8 Å². The van der Waals surface area contributed by atoms with Crippen LogP contribution in [0.4, 0.5) is 11.6 Å². The van der Waals surface area contributed by atoms with Gasteiger partial charge < -0.3 is 38.7 Å². The molecule has 18 heteroatoms. The third kappa shape index (κ3) is 9.88. The number of amides is 1. The van der Waals surface area contributed by atoms with Gasteiger partial charge in [0.15, 0.2) is 0 Å². The molecule has 3 N–H and O–H groups in total. The summed E-state index contributed by atoms with van der Waals surface area (Å²) in [5.74, 6) is 1.72. The predicted molar refractivity (Wildman–Crippen MR) is 253 cm³/mol. The van der Waals surface area contributed by atoms with Crippen molar-refractivity contribution in [3.63, 3.8) is 0 Å². The van der Waals surface area contributed by atoms with Crippen LogP contribution in [0.1, 0.15) is 76.2 Å². The SMILES string of the molecule is CCS(=O)(=O)Nc1ccc(OCC(OCCOC2CCN(c3ncc(C(=O)NC4C(C)(C)C(Oc5ccc(C#N)c(Cl)c5)C4(C)C)cn3)CC2)C2CC2)c(-c2cn(C)c(=O)c3[nH]ccc23)c1. The number of nitrogens with one attached hydrogen (secondary N) is 3. The lowest BCUT2D eigenvalue weighted by Gasteiger charge is -2.63. The third-order valence-corrected chi connectivity index (χ3v) is 14.8. The molecule has 3 aliphatic rings. The Bertz CT molecular complexity index is 2780. The molecule has 0 bridgehead atoms. The Morgan fingerprint density at radius 3 is 2.41 bits per heavy atom. The average Bonchev–Trinajstić information content (AvgIpc) is 4.03. The maximum atomic E-state index is 13.5. The number of sulfonamides is 1. The molecule has 66 heavy (non-hydrogen) atoms. The lowest BCUT2D eigenvalue weighted by Crippen LogP contribution is -2.74. The summed E-state index contributed by atoms with van der Waals surface area (Å²) >= 11 is 6.25. The van der Waals surface area contributed by atoms with Gasteiger partial charge in [0.25, 0.3) is 11.5 Å². The van der Waals surface area contributed by atoms with E-state index in [0.29, 0.717) is 94.6 Å². The van der Waals surface area contributed by atoms with Gasteiger partial charge in [0, 0.05) is 90.1 Å². The number of halogens is 1. The molecule has 3 aromatic heterocycles. The number of hydrogen-bond acceptors (Lipinski definition) is 12. The van der Waals surface area contributed by atoms with E-state index < -0.39 is 20.9 Å². The Hall–Kier alpha value is -5.67. The quantitative estimate of drug-likeness (QED) is 0.0755. The molecule has 8 rings (SSSR count). The van der Waals surface area contributed by atoms with E-state index in [4.69, 9.17) is 30.5 Å². The van der Waals surface area contributed by atoms with Crippen molar-refractivity contribution in [1.82, 2.24) is 24.8 Å². The smallest absolute Gasteiger partial charge is 0.274 e. The fraction of sp³-hybridized carbons (Fsp3) is 0.479. The maximum Gasteiger partial charge on any atom is 0.274 e. The highest BCUT2D eigenvalue weighted by Crippen LogP contribution is 2.55. The molecule has 350 valence electrons. The Morgan fingerprint density at radius 2 is 1.74 bits per heavy atom. The van der Waals surface area contributed by atoms with Crippen molar-refractivity contribution >= 4 is 50.1 Å². The van der Waals surface area contributed by atoms with Gasteiger partial charge in [-0.05, 0) is 74.9 Å². The summed E-state index contributed by atoms with van der Waals surface area (Å²) in [5, 5.41) is 13.5. The summed E-state index contributed by atoms with van der Waals surface area (Å²) in [6.07, 6.45) is 9.93. The van der Waals surface area contributed by atoms with E-state index in [2.05, 4.69) is 63.7 Å². The number of nitrogens with zero attached hydrogens (tertiary/aromatic N) is 5. The van der Waals surface area contributed by atoms with Crippen LogP contribution in [0.2, 0.25) is 5.02 Å². The number of carbonyl (C=O) groups is 1. The number of anilines is 2. The summed E-state index contributed by atoms with van der Waals surface area (Å²) in [4.78, 5) is 40.6. The fourth-order valence-electron chi connectivity index (χ4n) is 9.67. The zero-order valence-corrected chi connectivity index (χ0v) is 39.7. The van der Waals surface area contributed by atoms with E-state index in [9.17, 15) is 23.3 Å². The summed E-state index contributed by atoms with van der Waals surface area (Å²) in [5.41, 5.74) is 2.00. The van der Waals surface area contributed by atoms with Gasteiger partial charge in [0.2, 0.25) is 16.0 Å². The zero-order valence-electron chi connectivity index (χ0n) is 38.1. The number of fused-ring (bicyclic) bond motifs is 1. The van der Waals surface area contributed by atoms with Gasteiger partial charge in [-0.3, -0.25) is 14.3 Å². The minimum atomic E-state index is -3.53. The van der Waals surface area contributed by atoms with Crippen LogP contribution in [-0.4, -0.2) is 96.9 Å². The number of rotatable bonds is 18. The third-order valence-electron chi connectivity index (χ3n) is 13.2. The number of ether oxygens (including phenoxy) is 4. The van der Waals surface area contributed by atoms with Gasteiger partial charge in [-0.15, -0.1) is 0 Å². The number of carbonyl (C=O) groups excluding carboxylic acids is 1. The highest BCUT2D eigenvalue weighted by atomic mass is 35.5. The van der Waals surface area contributed by atoms with E-state index in [0.717, 1.165) is 31.2 Å². The van der Waals surface area contributed by atoms with Crippen molar-refractivity contribution in [3.05, 3.63) is 93.8 Å². The number of nitriles is 1. The van der Waals surface area contributed by atoms with Crippen LogP contribution in [-0.2, 0) is 26.5 Å². The highest BCUT2D eigenvalue weighted by Gasteiger charge is 2.64. The van der Waals surface area contributed by atoms with Gasteiger partial charge in [-0.25, -0.2) is 18.4 Å². The first-order valence-electron chi connectivity index (χ1n) is 22.4. The van der Waals surface area contributed by atoms with Crippen molar-refractivity contribution in [3.8, 4) is 28.7 Å². The normalized spacial score (nSPS) is 19.7. The topological polar surface area (TPSA) is 203 Å². The maximum absolute atomic E-state index is 13.5. The molecular weight excluding hydrogens is 884 g/mol. The van der Waals surface area contributed by atoms with Crippen molar-refractivity contribution in [1.29, 1.82) is 5.26 Å². The van der Waals surface area contributed by atoms with Gasteiger partial charge in [0.1, 0.15) is 35.8 Å². The zero-order chi connectivity index (χ0) is 47.0. The summed E-state index contributed by atoms with van der Waals surface area (Å²) in [6.45, 7) is 12.4. The molecule has 1 saturated heterocycles. The molecule has 1 atom stereocenters. The van der Waals surface area contributed by atoms with Crippen LogP contribution in [0.25, 0.3) is 22.0 Å². The molecule has 0 radical (unpaired) electrons. The number of H-pyrrole nitrogens is 1. The molecule has 1 aliphatic heterocycles. The van der Waals surface area contributed by atoms with Crippen LogP contribution in [0, 0.1) is 28.1 Å². The van der Waals surface area contributed by atoms with Gasteiger partial charge in [-0.1, -0.05) is 39.3 Å². The Labute approximate surface area is 390 Å². The number of pyridine rings is 1. The first-order valence-corrected chi connectivity index (χ1v) is 24.4. The van der Waals surface area contributed by atoms with Crippen LogP contribution in [0.15, 0.2) is 72.0 Å². The van der Waals surface area contributed by atoms with E-state index >= 15 is 0 Å². The molecule has 1 amide bonds. The van der Waals surface area contributed by atoms with E-state index in [1.54, 1.807) is 75.2 Å². The number of hydrogen-bond donors (Lipinski definition) is 3. The minimum Gasteiger partial charge on any atom is -0.490 e. The van der Waals surface area contributed by atoms with E-state index in [1.165, 1.54) is 4.57 Å². The first-order chi connectivity index (χ1) is 31.5. The lowest BCUT2D eigenvalue weighted by atomic mass is 9.49. The molecule has 0 spiro atoms. The predicted octanol–water partition coefficient (Wildman–Crippen LogP) is 7.08. The van der Waals surface area contributed by atoms with Gasteiger partial charge in [-0.2, -0.15) is 5.26 Å². The Kier molecular flexibility index (Phi) is 13.4. The standard InChI is InChI=1S/C48H57ClN8O8S/c1-7-66(60,61)55-32-11-13-39(36(22-32)37-27-56(6)43(59)41-35(37)14-17-51-41)64-28-40(29-8-9-29)63-21-20-62-33-15-18-57(19-16-33)46-52-25-31(26-53-46)42(58)54-44-47(2,3)45(48(44,4)5)65-34-12-10-30(24-50)38(49)23-34/h10-14,17,22-23,25-27,29,33,40,44-45,51,55H,7-9,15-16,18-21,28H2,1-6H3,(H,54,58). The summed E-state index contributed by atoms with van der Waals surface area (Å²) in [7, 11) is -1.85.